The maximum absolute atomic E-state index is 6.22. The molecular weight excluding hydrogens is 194 g/mol. The molecule has 0 saturated heterocycles. The summed E-state index contributed by atoms with van der Waals surface area (Å²) in [6.45, 7) is 6.81. The molecule has 0 amide bonds. The number of nitrogens with two attached hydrogens (primary N) is 1. The van der Waals surface area contributed by atoms with Gasteiger partial charge in [-0.1, -0.05) is 32.9 Å². The van der Waals surface area contributed by atoms with Crippen LogP contribution < -0.4 is 5.73 Å². The van der Waals surface area contributed by atoms with Crippen molar-refractivity contribution in [3.8, 4) is 0 Å². The standard InChI is InChI=1S/C15H23N/c1-4-11-8-13-10(3)6-7-15(16)14(13)9-12(11)5-2/h8-10,15H,4-7,16H2,1-3H3/t10?,15-/m0/s1. The maximum atomic E-state index is 6.22. The van der Waals surface area contributed by atoms with E-state index in [0.717, 1.165) is 19.3 Å². The minimum Gasteiger partial charge on any atom is -0.324 e. The Morgan fingerprint density at radius 1 is 1.06 bits per heavy atom. The Morgan fingerprint density at radius 3 is 2.19 bits per heavy atom. The van der Waals surface area contributed by atoms with Crippen molar-refractivity contribution in [3.05, 3.63) is 34.4 Å². The predicted octanol–water partition coefficient (Wildman–Crippen LogP) is 3.71. The summed E-state index contributed by atoms with van der Waals surface area (Å²) in [5.74, 6) is 0.686. The van der Waals surface area contributed by atoms with Crippen molar-refractivity contribution >= 4 is 0 Å². The van der Waals surface area contributed by atoms with Gasteiger partial charge >= 0.3 is 0 Å². The zero-order valence-electron chi connectivity index (χ0n) is 10.7. The SMILES string of the molecule is CCc1cc2c(cc1CC)[C@@H](N)CCC2C. The summed E-state index contributed by atoms with van der Waals surface area (Å²) < 4.78 is 0. The second-order valence-corrected chi connectivity index (χ2v) is 5.04. The first kappa shape index (κ1) is 11.7. The average Bonchev–Trinajstić information content (AvgIpc) is 2.32. The highest BCUT2D eigenvalue weighted by Gasteiger charge is 2.23. The zero-order valence-corrected chi connectivity index (χ0v) is 10.7. The predicted molar refractivity (Wildman–Crippen MR) is 69.8 cm³/mol. The smallest absolute Gasteiger partial charge is 0.0297 e. The van der Waals surface area contributed by atoms with E-state index in [4.69, 9.17) is 5.73 Å². The molecule has 1 nitrogen and oxygen atoms in total. The molecule has 1 aliphatic rings. The Kier molecular flexibility index (Phi) is 3.34. The first-order valence-corrected chi connectivity index (χ1v) is 6.58. The highest BCUT2D eigenvalue weighted by Crippen LogP contribution is 2.37. The van der Waals surface area contributed by atoms with E-state index >= 15 is 0 Å². The van der Waals surface area contributed by atoms with E-state index in [9.17, 15) is 0 Å². The molecule has 1 aliphatic carbocycles. The molecule has 0 aliphatic heterocycles. The van der Waals surface area contributed by atoms with Crippen molar-refractivity contribution < 1.29 is 0 Å². The molecule has 0 aromatic heterocycles. The minimum atomic E-state index is 0.266. The Morgan fingerprint density at radius 2 is 1.62 bits per heavy atom. The lowest BCUT2D eigenvalue weighted by Crippen LogP contribution is -2.20. The van der Waals surface area contributed by atoms with Crippen LogP contribution >= 0.6 is 0 Å². The van der Waals surface area contributed by atoms with Crippen LogP contribution in [0.2, 0.25) is 0 Å². The van der Waals surface area contributed by atoms with Gasteiger partial charge in [0.05, 0.1) is 0 Å². The number of rotatable bonds is 2. The van der Waals surface area contributed by atoms with Crippen LogP contribution in [0.1, 0.15) is 67.8 Å². The van der Waals surface area contributed by atoms with Gasteiger partial charge in [-0.15, -0.1) is 0 Å². The van der Waals surface area contributed by atoms with Crippen LogP contribution in [0, 0.1) is 0 Å². The Hall–Kier alpha value is -0.820. The normalized spacial score (nSPS) is 24.2. The molecule has 1 heteroatoms. The second kappa shape index (κ2) is 4.58. The van der Waals surface area contributed by atoms with Crippen molar-refractivity contribution in [1.29, 1.82) is 0 Å². The monoisotopic (exact) mass is 217 g/mol. The van der Waals surface area contributed by atoms with Crippen LogP contribution in [0.25, 0.3) is 0 Å². The van der Waals surface area contributed by atoms with Gasteiger partial charge in [-0.3, -0.25) is 0 Å². The van der Waals surface area contributed by atoms with Gasteiger partial charge in [0.2, 0.25) is 0 Å². The Bertz CT molecular complexity index is 344. The fourth-order valence-corrected chi connectivity index (χ4v) is 2.87. The van der Waals surface area contributed by atoms with E-state index in [1.54, 1.807) is 0 Å². The van der Waals surface area contributed by atoms with Crippen LogP contribution in [0.5, 0.6) is 0 Å². The summed E-state index contributed by atoms with van der Waals surface area (Å²) in [4.78, 5) is 0. The topological polar surface area (TPSA) is 26.0 Å². The van der Waals surface area contributed by atoms with Gasteiger partial charge in [-0.2, -0.15) is 0 Å². The summed E-state index contributed by atoms with van der Waals surface area (Å²) in [5.41, 5.74) is 12.1. The van der Waals surface area contributed by atoms with E-state index in [2.05, 4.69) is 32.9 Å². The first-order chi connectivity index (χ1) is 7.67. The van der Waals surface area contributed by atoms with E-state index in [1.165, 1.54) is 28.7 Å². The van der Waals surface area contributed by atoms with Gasteiger partial charge in [0, 0.05) is 6.04 Å². The Balaban J connectivity index is 2.53. The molecule has 1 unspecified atom stereocenters. The third kappa shape index (κ3) is 1.89. The van der Waals surface area contributed by atoms with E-state index in [0.29, 0.717) is 5.92 Å². The summed E-state index contributed by atoms with van der Waals surface area (Å²) in [7, 11) is 0. The lowest BCUT2D eigenvalue weighted by Gasteiger charge is -2.29. The van der Waals surface area contributed by atoms with Crippen LogP contribution in [0.15, 0.2) is 12.1 Å². The summed E-state index contributed by atoms with van der Waals surface area (Å²) in [6, 6.07) is 5.05. The van der Waals surface area contributed by atoms with Gasteiger partial charge in [0.1, 0.15) is 0 Å². The number of fused-ring (bicyclic) bond motifs is 1. The van der Waals surface area contributed by atoms with E-state index in [-0.39, 0.29) is 6.04 Å². The Labute approximate surface area is 99.0 Å². The van der Waals surface area contributed by atoms with Crippen molar-refractivity contribution in [2.45, 2.75) is 58.4 Å². The fraction of sp³-hybridized carbons (Fsp3) is 0.600. The molecule has 0 fully saturated rings. The van der Waals surface area contributed by atoms with Crippen molar-refractivity contribution in [2.75, 3.05) is 0 Å². The maximum Gasteiger partial charge on any atom is 0.0297 e. The highest BCUT2D eigenvalue weighted by atomic mass is 14.6. The molecule has 0 radical (unpaired) electrons. The van der Waals surface area contributed by atoms with Crippen LogP contribution in [-0.2, 0) is 12.8 Å². The number of hydrogen-bond donors (Lipinski definition) is 1. The van der Waals surface area contributed by atoms with Gasteiger partial charge in [-0.25, -0.2) is 0 Å². The van der Waals surface area contributed by atoms with Crippen LogP contribution in [0.4, 0.5) is 0 Å². The number of hydrogen-bond acceptors (Lipinski definition) is 1. The minimum absolute atomic E-state index is 0.266. The molecule has 2 atom stereocenters. The fourth-order valence-electron chi connectivity index (χ4n) is 2.87. The molecule has 1 aromatic carbocycles. The molecule has 0 saturated carbocycles. The molecule has 88 valence electrons. The first-order valence-electron chi connectivity index (χ1n) is 6.58. The van der Waals surface area contributed by atoms with E-state index in [1.807, 2.05) is 0 Å². The quantitative estimate of drug-likeness (QED) is 0.803. The second-order valence-electron chi connectivity index (χ2n) is 5.04. The molecule has 16 heavy (non-hydrogen) atoms. The van der Waals surface area contributed by atoms with Crippen molar-refractivity contribution in [1.82, 2.24) is 0 Å². The number of aryl methyl sites for hydroxylation is 2. The number of benzene rings is 1. The van der Waals surface area contributed by atoms with Crippen molar-refractivity contribution in [3.63, 3.8) is 0 Å². The summed E-state index contributed by atoms with van der Waals surface area (Å²) in [6.07, 6.45) is 4.64. The third-order valence-corrected chi connectivity index (χ3v) is 4.01. The zero-order chi connectivity index (χ0) is 11.7. The largest absolute Gasteiger partial charge is 0.324 e. The third-order valence-electron chi connectivity index (χ3n) is 4.01. The van der Waals surface area contributed by atoms with Gasteiger partial charge in [-0.05, 0) is 53.9 Å². The molecule has 2 rings (SSSR count). The summed E-state index contributed by atoms with van der Waals surface area (Å²) in [5, 5.41) is 0. The van der Waals surface area contributed by atoms with Crippen molar-refractivity contribution in [2.24, 2.45) is 5.73 Å². The molecule has 0 spiro atoms. The van der Waals surface area contributed by atoms with Crippen LogP contribution in [-0.4, -0.2) is 0 Å². The lowest BCUT2D eigenvalue weighted by molar-refractivity contribution is 0.512. The van der Waals surface area contributed by atoms with Gasteiger partial charge < -0.3 is 5.73 Å². The van der Waals surface area contributed by atoms with Crippen LogP contribution in [0.3, 0.4) is 0 Å². The highest BCUT2D eigenvalue weighted by molar-refractivity contribution is 5.43. The summed E-state index contributed by atoms with van der Waals surface area (Å²) >= 11 is 0. The molecule has 0 bridgehead atoms. The molecular formula is C15H23N. The molecule has 2 N–H and O–H groups in total. The lowest BCUT2D eigenvalue weighted by atomic mass is 9.79. The van der Waals surface area contributed by atoms with E-state index < -0.39 is 0 Å². The molecule has 1 aromatic rings. The van der Waals surface area contributed by atoms with Gasteiger partial charge in [0.15, 0.2) is 0 Å². The average molecular weight is 217 g/mol. The molecule has 0 heterocycles. The van der Waals surface area contributed by atoms with Gasteiger partial charge in [0.25, 0.3) is 0 Å².